The molecule has 0 saturated carbocycles. The van der Waals surface area contributed by atoms with Gasteiger partial charge in [0.15, 0.2) is 0 Å². The fraction of sp³-hybridized carbons (Fsp3) is 0.200. The van der Waals surface area contributed by atoms with Gasteiger partial charge >= 0.3 is 5.97 Å². The maximum absolute atomic E-state index is 12.6. The molecule has 0 saturated heterocycles. The molecule has 122 valence electrons. The number of rotatable bonds is 5. The molecule has 3 rings (SSSR count). The number of esters is 1. The van der Waals surface area contributed by atoms with E-state index in [1.165, 1.54) is 0 Å². The Morgan fingerprint density at radius 1 is 1.00 bits per heavy atom. The molecule has 1 aromatic heterocycles. The Morgan fingerprint density at radius 2 is 1.71 bits per heavy atom. The van der Waals surface area contributed by atoms with Crippen LogP contribution < -0.4 is 0 Å². The molecule has 0 radical (unpaired) electrons. The molecule has 0 aliphatic heterocycles. The van der Waals surface area contributed by atoms with Crippen molar-refractivity contribution in [2.24, 2.45) is 0 Å². The third-order valence-corrected chi connectivity index (χ3v) is 3.91. The summed E-state index contributed by atoms with van der Waals surface area (Å²) in [7, 11) is 1.58. The third kappa shape index (κ3) is 3.14. The maximum atomic E-state index is 12.6. The van der Waals surface area contributed by atoms with Crippen molar-refractivity contribution >= 4 is 16.9 Å². The van der Waals surface area contributed by atoms with Crippen LogP contribution in [0.15, 0.2) is 54.6 Å². The van der Waals surface area contributed by atoms with Crippen LogP contribution in [0.1, 0.15) is 15.9 Å². The van der Waals surface area contributed by atoms with E-state index in [0.717, 1.165) is 27.7 Å². The number of fused-ring (bicyclic) bond motifs is 1. The minimum atomic E-state index is -0.347. The number of ether oxygens (including phenoxy) is 2. The summed E-state index contributed by atoms with van der Waals surface area (Å²) in [5.74, 6) is -0.347. The molecule has 1 heterocycles. The lowest BCUT2D eigenvalue weighted by Gasteiger charge is -2.14. The first-order chi connectivity index (χ1) is 11.7. The molecule has 4 heteroatoms. The summed E-state index contributed by atoms with van der Waals surface area (Å²) in [5, 5.41) is 0.803. The van der Waals surface area contributed by atoms with Crippen molar-refractivity contribution in [1.82, 2.24) is 4.98 Å². The molecule has 0 atom stereocenters. The van der Waals surface area contributed by atoms with Crippen LogP contribution in [0.25, 0.3) is 22.2 Å². The number of nitrogens with zero attached hydrogens (tertiary/aromatic N) is 1. The van der Waals surface area contributed by atoms with Gasteiger partial charge in [0.25, 0.3) is 0 Å². The molecule has 4 nitrogen and oxygen atoms in total. The van der Waals surface area contributed by atoms with Crippen LogP contribution in [0.5, 0.6) is 0 Å². The van der Waals surface area contributed by atoms with Gasteiger partial charge in [0.05, 0.1) is 23.4 Å². The van der Waals surface area contributed by atoms with Gasteiger partial charge in [-0.1, -0.05) is 48.5 Å². The quantitative estimate of drug-likeness (QED) is 0.526. The van der Waals surface area contributed by atoms with E-state index < -0.39 is 0 Å². The van der Waals surface area contributed by atoms with Gasteiger partial charge in [-0.25, -0.2) is 9.78 Å². The van der Waals surface area contributed by atoms with Crippen LogP contribution in [0.3, 0.4) is 0 Å². The lowest BCUT2D eigenvalue weighted by atomic mass is 9.98. The van der Waals surface area contributed by atoms with E-state index in [0.29, 0.717) is 12.2 Å². The van der Waals surface area contributed by atoms with Gasteiger partial charge in [0, 0.05) is 18.1 Å². The van der Waals surface area contributed by atoms with E-state index in [2.05, 4.69) is 0 Å². The van der Waals surface area contributed by atoms with Crippen molar-refractivity contribution in [3.05, 3.63) is 65.7 Å². The standard InChI is InChI=1S/C20H19NO3/c1-14-18(20(22)24-13-12-23-2)16-10-6-7-11-17(16)21-19(14)15-8-4-3-5-9-15/h3-11H,12-13H2,1-2H3. The minimum Gasteiger partial charge on any atom is -0.460 e. The Kier molecular flexibility index (Phi) is 4.87. The number of aromatic nitrogens is 1. The molecule has 2 aromatic carbocycles. The summed E-state index contributed by atoms with van der Waals surface area (Å²) in [5.41, 5.74) is 3.94. The Hall–Kier alpha value is -2.72. The molecule has 0 bridgehead atoms. The number of carbonyl (C=O) groups is 1. The Bertz CT molecular complexity index is 859. The molecular formula is C20H19NO3. The van der Waals surface area contributed by atoms with Crippen LogP contribution >= 0.6 is 0 Å². The molecule has 0 aliphatic rings. The smallest absolute Gasteiger partial charge is 0.339 e. The van der Waals surface area contributed by atoms with E-state index in [4.69, 9.17) is 14.5 Å². The zero-order valence-corrected chi connectivity index (χ0v) is 13.8. The maximum Gasteiger partial charge on any atom is 0.339 e. The zero-order chi connectivity index (χ0) is 16.9. The zero-order valence-electron chi connectivity index (χ0n) is 13.8. The summed E-state index contributed by atoms with van der Waals surface area (Å²) < 4.78 is 10.3. The predicted molar refractivity (Wildman–Crippen MR) is 94.1 cm³/mol. The number of hydrogen-bond acceptors (Lipinski definition) is 4. The molecule has 0 amide bonds. The molecule has 0 unspecified atom stereocenters. The Labute approximate surface area is 141 Å². The molecule has 0 aliphatic carbocycles. The van der Waals surface area contributed by atoms with E-state index in [9.17, 15) is 4.79 Å². The number of pyridine rings is 1. The third-order valence-electron chi connectivity index (χ3n) is 3.91. The first-order valence-electron chi connectivity index (χ1n) is 7.83. The second-order valence-corrected chi connectivity index (χ2v) is 5.47. The van der Waals surface area contributed by atoms with Crippen molar-refractivity contribution in [2.45, 2.75) is 6.92 Å². The highest BCUT2D eigenvalue weighted by Crippen LogP contribution is 2.30. The van der Waals surface area contributed by atoms with Crippen molar-refractivity contribution in [2.75, 3.05) is 20.3 Å². The molecular weight excluding hydrogens is 302 g/mol. The summed E-state index contributed by atoms with van der Waals surface area (Å²) >= 11 is 0. The van der Waals surface area contributed by atoms with Crippen LogP contribution in [-0.4, -0.2) is 31.3 Å². The monoisotopic (exact) mass is 321 g/mol. The lowest BCUT2D eigenvalue weighted by Crippen LogP contribution is -2.13. The van der Waals surface area contributed by atoms with Gasteiger partial charge in [-0.05, 0) is 18.6 Å². The van der Waals surface area contributed by atoms with Crippen LogP contribution in [0, 0.1) is 6.92 Å². The van der Waals surface area contributed by atoms with Gasteiger partial charge < -0.3 is 9.47 Å². The summed E-state index contributed by atoms with van der Waals surface area (Å²) in [4.78, 5) is 17.4. The predicted octanol–water partition coefficient (Wildman–Crippen LogP) is 4.01. The van der Waals surface area contributed by atoms with Gasteiger partial charge in [-0.2, -0.15) is 0 Å². The average molecular weight is 321 g/mol. The summed E-state index contributed by atoms with van der Waals surface area (Å²) in [6.07, 6.45) is 0. The second-order valence-electron chi connectivity index (χ2n) is 5.47. The summed E-state index contributed by atoms with van der Waals surface area (Å²) in [6.45, 7) is 2.51. The van der Waals surface area contributed by atoms with Crippen LogP contribution in [-0.2, 0) is 9.47 Å². The first-order valence-corrected chi connectivity index (χ1v) is 7.83. The molecule has 3 aromatic rings. The SMILES string of the molecule is COCCOC(=O)c1c(C)c(-c2ccccc2)nc2ccccc12. The Balaban J connectivity index is 2.15. The van der Waals surface area contributed by atoms with Crippen LogP contribution in [0.2, 0.25) is 0 Å². The van der Waals surface area contributed by atoms with Gasteiger partial charge in [-0.3, -0.25) is 0 Å². The van der Waals surface area contributed by atoms with Crippen molar-refractivity contribution in [1.29, 1.82) is 0 Å². The average Bonchev–Trinajstić information content (AvgIpc) is 2.62. The van der Waals surface area contributed by atoms with Gasteiger partial charge in [-0.15, -0.1) is 0 Å². The number of benzene rings is 2. The fourth-order valence-electron chi connectivity index (χ4n) is 2.74. The second kappa shape index (κ2) is 7.23. The fourth-order valence-corrected chi connectivity index (χ4v) is 2.74. The van der Waals surface area contributed by atoms with Crippen molar-refractivity contribution < 1.29 is 14.3 Å². The topological polar surface area (TPSA) is 48.4 Å². The normalized spacial score (nSPS) is 10.8. The van der Waals surface area contributed by atoms with Crippen LogP contribution in [0.4, 0.5) is 0 Å². The van der Waals surface area contributed by atoms with Crippen molar-refractivity contribution in [3.8, 4) is 11.3 Å². The highest BCUT2D eigenvalue weighted by molar-refractivity contribution is 6.06. The van der Waals surface area contributed by atoms with Gasteiger partial charge in [0.2, 0.25) is 0 Å². The molecule has 24 heavy (non-hydrogen) atoms. The minimum absolute atomic E-state index is 0.228. The lowest BCUT2D eigenvalue weighted by molar-refractivity contribution is 0.0389. The number of methoxy groups -OCH3 is 1. The van der Waals surface area contributed by atoms with Gasteiger partial charge in [0.1, 0.15) is 6.61 Å². The number of hydrogen-bond donors (Lipinski definition) is 0. The van der Waals surface area contributed by atoms with E-state index in [1.54, 1.807) is 7.11 Å². The highest BCUT2D eigenvalue weighted by Gasteiger charge is 2.19. The van der Waals surface area contributed by atoms with E-state index >= 15 is 0 Å². The number of carbonyl (C=O) groups excluding carboxylic acids is 1. The largest absolute Gasteiger partial charge is 0.460 e. The Morgan fingerprint density at radius 3 is 2.46 bits per heavy atom. The van der Waals surface area contributed by atoms with E-state index in [-0.39, 0.29) is 12.6 Å². The molecule has 0 spiro atoms. The molecule has 0 N–H and O–H groups in total. The van der Waals surface area contributed by atoms with E-state index in [1.807, 2.05) is 61.5 Å². The molecule has 0 fully saturated rings. The summed E-state index contributed by atoms with van der Waals surface area (Å²) in [6, 6.07) is 17.5. The highest BCUT2D eigenvalue weighted by atomic mass is 16.6. The first kappa shape index (κ1) is 16.1. The number of para-hydroxylation sites is 1. The van der Waals surface area contributed by atoms with Crippen molar-refractivity contribution in [3.63, 3.8) is 0 Å².